The Labute approximate surface area is 133 Å². The van der Waals surface area contributed by atoms with Crippen LogP contribution in [0.25, 0.3) is 0 Å². The van der Waals surface area contributed by atoms with Crippen molar-refractivity contribution in [2.75, 3.05) is 0 Å². The number of pyridine rings is 1. The molecule has 2 aromatic heterocycles. The van der Waals surface area contributed by atoms with Crippen LogP contribution in [-0.2, 0) is 23.9 Å². The van der Waals surface area contributed by atoms with Gasteiger partial charge in [-0.1, -0.05) is 0 Å². The van der Waals surface area contributed by atoms with Gasteiger partial charge in [-0.2, -0.15) is 18.3 Å². The van der Waals surface area contributed by atoms with Gasteiger partial charge in [-0.3, -0.25) is 9.55 Å². The van der Waals surface area contributed by atoms with Gasteiger partial charge in [0, 0.05) is 12.6 Å². The molecule has 0 spiro atoms. The molecule has 0 radical (unpaired) electrons. The molecule has 0 unspecified atom stereocenters. The van der Waals surface area contributed by atoms with Crippen molar-refractivity contribution >= 4 is 5.97 Å². The average Bonchev–Trinajstić information content (AvgIpc) is 2.83. The summed E-state index contributed by atoms with van der Waals surface area (Å²) in [5.74, 6) is -0.787. The van der Waals surface area contributed by atoms with Gasteiger partial charge in [0.05, 0.1) is 6.54 Å². The van der Waals surface area contributed by atoms with Crippen LogP contribution in [0.3, 0.4) is 0 Å². The predicted molar refractivity (Wildman–Crippen MR) is 74.4 cm³/mol. The molecular weight excluding hydrogens is 329 g/mol. The van der Waals surface area contributed by atoms with Crippen molar-refractivity contribution in [3.05, 3.63) is 45.9 Å². The number of carboxylic acid groups (broad SMARTS) is 1. The van der Waals surface area contributed by atoms with Crippen molar-refractivity contribution in [2.24, 2.45) is 0 Å². The molecule has 0 aromatic carbocycles. The maximum absolute atomic E-state index is 12.7. The van der Waals surface area contributed by atoms with E-state index in [0.29, 0.717) is 25.1 Å². The fourth-order valence-corrected chi connectivity index (χ4v) is 2.77. The van der Waals surface area contributed by atoms with Crippen molar-refractivity contribution in [3.8, 4) is 0 Å². The van der Waals surface area contributed by atoms with E-state index in [0.717, 1.165) is 21.5 Å². The number of rotatable bonds is 3. The molecule has 0 saturated carbocycles. The highest BCUT2D eigenvalue weighted by Crippen LogP contribution is 2.28. The van der Waals surface area contributed by atoms with Gasteiger partial charge in [-0.05, 0) is 30.5 Å². The summed E-state index contributed by atoms with van der Waals surface area (Å²) in [7, 11) is 0. The molecular formula is C14H13F3N4O3. The molecule has 2 aromatic rings. The van der Waals surface area contributed by atoms with E-state index in [1.165, 1.54) is 6.07 Å². The van der Waals surface area contributed by atoms with Gasteiger partial charge in [-0.25, -0.2) is 14.3 Å². The summed E-state index contributed by atoms with van der Waals surface area (Å²) in [6.07, 6.45) is -2.21. The summed E-state index contributed by atoms with van der Waals surface area (Å²) in [4.78, 5) is 26.9. The molecule has 1 aliphatic rings. The third-order valence-corrected chi connectivity index (χ3v) is 3.86. The van der Waals surface area contributed by atoms with Crippen LogP contribution in [0.2, 0.25) is 0 Å². The molecule has 10 heteroatoms. The van der Waals surface area contributed by atoms with Crippen molar-refractivity contribution < 1.29 is 23.1 Å². The van der Waals surface area contributed by atoms with Crippen LogP contribution in [-0.4, -0.2) is 30.4 Å². The van der Waals surface area contributed by atoms with E-state index < -0.39 is 29.6 Å². The molecule has 3 heterocycles. The third kappa shape index (κ3) is 2.91. The first-order valence-electron chi connectivity index (χ1n) is 7.20. The van der Waals surface area contributed by atoms with Crippen molar-refractivity contribution in [1.82, 2.24) is 19.3 Å². The standard InChI is InChI=1S/C14H13F3N4O3/c15-14(16,17)10-6-8(4-5-18-10)7-20-13(24)21-9(12(22)23)2-1-3-11(21)19-20/h4-6,9H,1-3,7H2,(H,22,23)/t9-/m1/s1. The van der Waals surface area contributed by atoms with Gasteiger partial charge in [0.25, 0.3) is 0 Å². The largest absolute Gasteiger partial charge is 0.480 e. The number of carboxylic acids is 1. The van der Waals surface area contributed by atoms with Crippen molar-refractivity contribution in [1.29, 1.82) is 0 Å². The number of halogens is 3. The molecule has 0 fully saturated rings. The smallest absolute Gasteiger partial charge is 0.433 e. The summed E-state index contributed by atoms with van der Waals surface area (Å²) in [5, 5.41) is 13.3. The molecule has 128 valence electrons. The first-order valence-corrected chi connectivity index (χ1v) is 7.20. The van der Waals surface area contributed by atoms with Crippen LogP contribution in [0.4, 0.5) is 13.2 Å². The van der Waals surface area contributed by atoms with E-state index in [1.54, 1.807) is 0 Å². The lowest BCUT2D eigenvalue weighted by Crippen LogP contribution is -2.34. The minimum absolute atomic E-state index is 0.184. The van der Waals surface area contributed by atoms with E-state index in [4.69, 9.17) is 0 Å². The summed E-state index contributed by atoms with van der Waals surface area (Å²) >= 11 is 0. The Kier molecular flexibility index (Phi) is 3.90. The summed E-state index contributed by atoms with van der Waals surface area (Å²) in [5.41, 5.74) is -1.48. The zero-order valence-corrected chi connectivity index (χ0v) is 12.3. The Hall–Kier alpha value is -2.65. The quantitative estimate of drug-likeness (QED) is 0.912. The van der Waals surface area contributed by atoms with E-state index >= 15 is 0 Å². The monoisotopic (exact) mass is 342 g/mol. The van der Waals surface area contributed by atoms with Gasteiger partial charge in [0.15, 0.2) is 0 Å². The Morgan fingerprint density at radius 1 is 1.42 bits per heavy atom. The van der Waals surface area contributed by atoms with Crippen LogP contribution >= 0.6 is 0 Å². The lowest BCUT2D eigenvalue weighted by molar-refractivity contribution is -0.142. The number of fused-ring (bicyclic) bond motifs is 1. The second-order valence-corrected chi connectivity index (χ2v) is 5.52. The Morgan fingerprint density at radius 2 is 2.17 bits per heavy atom. The van der Waals surface area contributed by atoms with E-state index in [1.807, 2.05) is 0 Å². The third-order valence-electron chi connectivity index (χ3n) is 3.86. The Balaban J connectivity index is 1.95. The zero-order chi connectivity index (χ0) is 17.5. The molecule has 24 heavy (non-hydrogen) atoms. The molecule has 7 nitrogen and oxygen atoms in total. The maximum atomic E-state index is 12.7. The predicted octanol–water partition coefficient (Wildman–Crippen LogP) is 1.47. The van der Waals surface area contributed by atoms with Crippen LogP contribution in [0, 0.1) is 0 Å². The highest BCUT2D eigenvalue weighted by molar-refractivity contribution is 5.72. The molecule has 0 amide bonds. The van der Waals surface area contributed by atoms with E-state index in [2.05, 4.69) is 10.1 Å². The van der Waals surface area contributed by atoms with Crippen LogP contribution in [0.1, 0.15) is 36.0 Å². The Bertz CT molecular complexity index is 841. The summed E-state index contributed by atoms with van der Waals surface area (Å²) < 4.78 is 40.2. The topological polar surface area (TPSA) is 90.0 Å². The molecule has 0 saturated heterocycles. The van der Waals surface area contributed by atoms with Crippen LogP contribution in [0.15, 0.2) is 23.1 Å². The first-order chi connectivity index (χ1) is 11.3. The number of aromatic nitrogens is 4. The highest BCUT2D eigenvalue weighted by atomic mass is 19.4. The number of aliphatic carboxylic acids is 1. The van der Waals surface area contributed by atoms with Crippen LogP contribution < -0.4 is 5.69 Å². The summed E-state index contributed by atoms with van der Waals surface area (Å²) in [6, 6.07) is 1.21. The molecule has 0 aliphatic carbocycles. The first kappa shape index (κ1) is 16.2. The molecule has 1 aliphatic heterocycles. The number of carbonyl (C=O) groups is 1. The molecule has 0 bridgehead atoms. The van der Waals surface area contributed by atoms with Crippen LogP contribution in [0.5, 0.6) is 0 Å². The lowest BCUT2D eigenvalue weighted by Gasteiger charge is -2.19. The second kappa shape index (κ2) is 5.77. The second-order valence-electron chi connectivity index (χ2n) is 5.52. The van der Waals surface area contributed by atoms with Gasteiger partial charge in [0.1, 0.15) is 17.6 Å². The molecule has 1 atom stereocenters. The highest BCUT2D eigenvalue weighted by Gasteiger charge is 2.33. The fourth-order valence-electron chi connectivity index (χ4n) is 2.77. The molecule has 1 N–H and O–H groups in total. The number of hydrogen-bond donors (Lipinski definition) is 1. The lowest BCUT2D eigenvalue weighted by atomic mass is 10.1. The number of nitrogens with zero attached hydrogens (tertiary/aromatic N) is 4. The minimum Gasteiger partial charge on any atom is -0.480 e. The summed E-state index contributed by atoms with van der Waals surface area (Å²) in [6.45, 7) is -0.184. The van der Waals surface area contributed by atoms with E-state index in [9.17, 15) is 27.9 Å². The maximum Gasteiger partial charge on any atom is 0.433 e. The van der Waals surface area contributed by atoms with Gasteiger partial charge in [0.2, 0.25) is 0 Å². The zero-order valence-electron chi connectivity index (χ0n) is 12.3. The number of alkyl halides is 3. The number of aryl methyl sites for hydroxylation is 1. The van der Waals surface area contributed by atoms with Gasteiger partial charge >= 0.3 is 17.8 Å². The van der Waals surface area contributed by atoms with Crippen molar-refractivity contribution in [2.45, 2.75) is 38.0 Å². The normalized spacial score (nSPS) is 17.5. The van der Waals surface area contributed by atoms with E-state index in [-0.39, 0.29) is 12.1 Å². The number of hydrogen-bond acceptors (Lipinski definition) is 4. The Morgan fingerprint density at radius 3 is 2.83 bits per heavy atom. The van der Waals surface area contributed by atoms with Crippen molar-refractivity contribution in [3.63, 3.8) is 0 Å². The van der Waals surface area contributed by atoms with Gasteiger partial charge < -0.3 is 5.11 Å². The fraction of sp³-hybridized carbons (Fsp3) is 0.429. The minimum atomic E-state index is -4.58. The van der Waals surface area contributed by atoms with Gasteiger partial charge in [-0.15, -0.1) is 0 Å². The SMILES string of the molecule is O=C(O)[C@H]1CCCc2nn(Cc3ccnc(C(F)(F)F)c3)c(=O)n21. The average molecular weight is 342 g/mol. The molecule has 3 rings (SSSR count).